The summed E-state index contributed by atoms with van der Waals surface area (Å²) in [5.74, 6) is -0.122. The standard InChI is InChI=1S/C14H13ClN2OS2/c15-13-6-5-9(20-13)7-16-17-14(18)11-8-19-12-4-2-1-3-10(11)12/h5-8H,1-4H2,(H,17,18)/b16-7+. The highest BCUT2D eigenvalue weighted by Gasteiger charge is 2.19. The summed E-state index contributed by atoms with van der Waals surface area (Å²) in [6, 6.07) is 3.68. The third-order valence-electron chi connectivity index (χ3n) is 3.26. The van der Waals surface area contributed by atoms with Gasteiger partial charge in [-0.1, -0.05) is 11.6 Å². The van der Waals surface area contributed by atoms with E-state index < -0.39 is 0 Å². The number of hydrogen-bond donors (Lipinski definition) is 1. The highest BCUT2D eigenvalue weighted by molar-refractivity contribution is 7.17. The van der Waals surface area contributed by atoms with E-state index in [0.717, 1.165) is 23.3 Å². The molecule has 1 aliphatic rings. The van der Waals surface area contributed by atoms with Crippen LogP contribution in [0.3, 0.4) is 0 Å². The van der Waals surface area contributed by atoms with Crippen LogP contribution in [-0.2, 0) is 12.8 Å². The van der Waals surface area contributed by atoms with Crippen molar-refractivity contribution < 1.29 is 4.79 Å². The molecule has 0 saturated carbocycles. The number of carbonyl (C=O) groups is 1. The van der Waals surface area contributed by atoms with Crippen LogP contribution in [-0.4, -0.2) is 12.1 Å². The maximum atomic E-state index is 12.1. The normalized spacial score (nSPS) is 14.4. The Hall–Kier alpha value is -1.17. The Morgan fingerprint density at radius 1 is 1.35 bits per heavy atom. The van der Waals surface area contributed by atoms with Crippen molar-refractivity contribution in [1.82, 2.24) is 5.43 Å². The van der Waals surface area contributed by atoms with E-state index >= 15 is 0 Å². The summed E-state index contributed by atoms with van der Waals surface area (Å²) in [5.41, 5.74) is 4.59. The van der Waals surface area contributed by atoms with Gasteiger partial charge in [0.15, 0.2) is 0 Å². The number of nitrogens with one attached hydrogen (secondary N) is 1. The van der Waals surface area contributed by atoms with Gasteiger partial charge in [-0.25, -0.2) is 5.43 Å². The van der Waals surface area contributed by atoms with Crippen LogP contribution < -0.4 is 5.43 Å². The van der Waals surface area contributed by atoms with Crippen molar-refractivity contribution in [1.29, 1.82) is 0 Å². The van der Waals surface area contributed by atoms with Crippen LogP contribution in [0.25, 0.3) is 0 Å². The first-order chi connectivity index (χ1) is 9.74. The molecule has 0 bridgehead atoms. The van der Waals surface area contributed by atoms with Gasteiger partial charge in [-0.15, -0.1) is 22.7 Å². The third-order valence-corrected chi connectivity index (χ3v) is 5.51. The quantitative estimate of drug-likeness (QED) is 0.670. The van der Waals surface area contributed by atoms with Crippen LogP contribution in [0.2, 0.25) is 4.34 Å². The van der Waals surface area contributed by atoms with Crippen molar-refractivity contribution in [2.75, 3.05) is 0 Å². The molecule has 2 heterocycles. The Morgan fingerprint density at radius 2 is 2.20 bits per heavy atom. The summed E-state index contributed by atoms with van der Waals surface area (Å²) in [6.07, 6.45) is 6.12. The molecule has 0 aliphatic heterocycles. The fourth-order valence-electron chi connectivity index (χ4n) is 2.30. The van der Waals surface area contributed by atoms with Crippen molar-refractivity contribution in [2.24, 2.45) is 5.10 Å². The second-order valence-corrected chi connectivity index (χ2v) is 7.31. The van der Waals surface area contributed by atoms with Gasteiger partial charge in [-0.2, -0.15) is 5.10 Å². The van der Waals surface area contributed by atoms with E-state index in [4.69, 9.17) is 11.6 Å². The number of hydrazone groups is 1. The summed E-state index contributed by atoms with van der Waals surface area (Å²) >= 11 is 8.95. The number of amides is 1. The lowest BCUT2D eigenvalue weighted by molar-refractivity contribution is 0.0954. The van der Waals surface area contributed by atoms with Crippen LogP contribution in [0, 0.1) is 0 Å². The molecule has 3 rings (SSSR count). The molecule has 0 unspecified atom stereocenters. The van der Waals surface area contributed by atoms with Crippen molar-refractivity contribution in [3.05, 3.63) is 42.7 Å². The lowest BCUT2D eigenvalue weighted by Crippen LogP contribution is -2.19. The van der Waals surface area contributed by atoms with Gasteiger partial charge < -0.3 is 0 Å². The fraction of sp³-hybridized carbons (Fsp3) is 0.286. The Morgan fingerprint density at radius 3 is 3.00 bits per heavy atom. The van der Waals surface area contributed by atoms with E-state index in [-0.39, 0.29) is 5.91 Å². The first-order valence-electron chi connectivity index (χ1n) is 6.42. The topological polar surface area (TPSA) is 41.5 Å². The molecule has 0 aromatic carbocycles. The van der Waals surface area contributed by atoms with Gasteiger partial charge in [0.25, 0.3) is 5.91 Å². The number of nitrogens with zero attached hydrogens (tertiary/aromatic N) is 1. The second-order valence-electron chi connectivity index (χ2n) is 4.60. The monoisotopic (exact) mass is 324 g/mol. The lowest BCUT2D eigenvalue weighted by Gasteiger charge is -2.11. The number of fused-ring (bicyclic) bond motifs is 1. The number of rotatable bonds is 3. The maximum absolute atomic E-state index is 12.1. The zero-order chi connectivity index (χ0) is 13.9. The van der Waals surface area contributed by atoms with Gasteiger partial charge in [0.2, 0.25) is 0 Å². The molecule has 6 heteroatoms. The summed E-state index contributed by atoms with van der Waals surface area (Å²) in [7, 11) is 0. The predicted molar refractivity (Wildman–Crippen MR) is 85.4 cm³/mol. The van der Waals surface area contributed by atoms with E-state index in [0.29, 0.717) is 4.34 Å². The van der Waals surface area contributed by atoms with Gasteiger partial charge >= 0.3 is 0 Å². The molecular formula is C14H13ClN2OS2. The first-order valence-corrected chi connectivity index (χ1v) is 8.49. The van der Waals surface area contributed by atoms with E-state index in [1.54, 1.807) is 17.6 Å². The lowest BCUT2D eigenvalue weighted by atomic mass is 9.96. The van der Waals surface area contributed by atoms with Crippen molar-refractivity contribution in [2.45, 2.75) is 25.7 Å². The highest BCUT2D eigenvalue weighted by atomic mass is 35.5. The van der Waals surface area contributed by atoms with Gasteiger partial charge in [-0.05, 0) is 43.4 Å². The number of halogens is 1. The van der Waals surface area contributed by atoms with Crippen molar-refractivity contribution in [3.8, 4) is 0 Å². The van der Waals surface area contributed by atoms with Crippen LogP contribution >= 0.6 is 34.3 Å². The molecule has 0 radical (unpaired) electrons. The molecule has 0 fully saturated rings. The predicted octanol–water partition coefficient (Wildman–Crippen LogP) is 4.11. The van der Waals surface area contributed by atoms with E-state index in [1.807, 2.05) is 17.5 Å². The number of thiophene rings is 2. The molecule has 2 aromatic heterocycles. The molecule has 1 aliphatic carbocycles. The minimum absolute atomic E-state index is 0.122. The third kappa shape index (κ3) is 2.95. The van der Waals surface area contributed by atoms with Gasteiger partial charge in [0.05, 0.1) is 16.1 Å². The van der Waals surface area contributed by atoms with E-state index in [2.05, 4.69) is 10.5 Å². The molecule has 104 valence electrons. The SMILES string of the molecule is O=C(N/N=C/c1ccc(Cl)s1)c1csc2c1CCCC2. The van der Waals surface area contributed by atoms with Gasteiger partial charge in [0, 0.05) is 15.1 Å². The summed E-state index contributed by atoms with van der Waals surface area (Å²) in [6.45, 7) is 0. The zero-order valence-electron chi connectivity index (χ0n) is 10.7. The van der Waals surface area contributed by atoms with E-state index in [1.165, 1.54) is 34.6 Å². The van der Waals surface area contributed by atoms with Crippen LogP contribution in [0.4, 0.5) is 0 Å². The minimum Gasteiger partial charge on any atom is -0.267 e. The largest absolute Gasteiger partial charge is 0.272 e. The number of aryl methyl sites for hydroxylation is 1. The second kappa shape index (κ2) is 6.08. The smallest absolute Gasteiger partial charge is 0.267 e. The summed E-state index contributed by atoms with van der Waals surface area (Å²) < 4.78 is 0.713. The maximum Gasteiger partial charge on any atom is 0.272 e. The molecule has 0 saturated heterocycles. The Bertz CT molecular complexity index is 660. The number of hydrogen-bond acceptors (Lipinski definition) is 4. The first kappa shape index (κ1) is 13.8. The molecule has 0 atom stereocenters. The Kier molecular flexibility index (Phi) is 4.19. The van der Waals surface area contributed by atoms with Crippen molar-refractivity contribution in [3.63, 3.8) is 0 Å². The van der Waals surface area contributed by atoms with Crippen LogP contribution in [0.15, 0.2) is 22.6 Å². The summed E-state index contributed by atoms with van der Waals surface area (Å²) in [5, 5.41) is 5.94. The molecular weight excluding hydrogens is 312 g/mol. The van der Waals surface area contributed by atoms with Gasteiger partial charge in [-0.3, -0.25) is 4.79 Å². The highest BCUT2D eigenvalue weighted by Crippen LogP contribution is 2.30. The van der Waals surface area contributed by atoms with Crippen LogP contribution in [0.5, 0.6) is 0 Å². The Labute approximate surface area is 130 Å². The van der Waals surface area contributed by atoms with E-state index in [9.17, 15) is 4.79 Å². The minimum atomic E-state index is -0.122. The molecule has 3 nitrogen and oxygen atoms in total. The average molecular weight is 325 g/mol. The molecule has 20 heavy (non-hydrogen) atoms. The summed E-state index contributed by atoms with van der Waals surface area (Å²) in [4.78, 5) is 14.4. The fourth-order valence-corrected chi connectivity index (χ4v) is 4.36. The zero-order valence-corrected chi connectivity index (χ0v) is 13.1. The average Bonchev–Trinajstić information content (AvgIpc) is 3.05. The van der Waals surface area contributed by atoms with Crippen LogP contribution in [0.1, 0.15) is 38.5 Å². The van der Waals surface area contributed by atoms with Gasteiger partial charge in [0.1, 0.15) is 0 Å². The molecule has 1 N–H and O–H groups in total. The molecule has 1 amide bonds. The number of carbonyl (C=O) groups excluding carboxylic acids is 1. The molecule has 2 aromatic rings. The Balaban J connectivity index is 1.67. The van der Waals surface area contributed by atoms with Crippen molar-refractivity contribution >= 4 is 46.4 Å². The molecule has 0 spiro atoms.